The van der Waals surface area contributed by atoms with Crippen molar-refractivity contribution in [3.05, 3.63) is 83.6 Å². The second kappa shape index (κ2) is 10.6. The minimum atomic E-state index is 0.395. The number of ether oxygens (including phenoxy) is 1. The number of nitrogens with one attached hydrogen (secondary N) is 1. The molecule has 10 heteroatoms. The number of terminal acetylenes is 1. The van der Waals surface area contributed by atoms with Crippen LogP contribution in [-0.4, -0.2) is 62.7 Å². The number of rotatable bonds is 6. The number of nitrogens with zero attached hydrogens (tertiary/aromatic N) is 7. The smallest absolute Gasteiger partial charge is 0.256 e. The van der Waals surface area contributed by atoms with Crippen LogP contribution in [0.4, 0.5) is 17.5 Å². The Kier molecular flexibility index (Phi) is 6.71. The lowest BCUT2D eigenvalue weighted by atomic mass is 10.1. The standard InChI is InChI=1S/C29H25ClN8O/c1-3-25-26(20-5-4-6-21(30)19-20)38-29(33-27(25)37-17-15-36(2)16-18-37)34-28(35-38)32-22-7-9-23(10-8-22)39-24-11-13-31-14-12-24/h1,4-14,19H,15-18H2,2H3,(H,32,35). The molecule has 9 nitrogen and oxygen atoms in total. The quantitative estimate of drug-likeness (QED) is 0.300. The highest BCUT2D eigenvalue weighted by molar-refractivity contribution is 6.30. The third-order valence-electron chi connectivity index (χ3n) is 6.51. The van der Waals surface area contributed by atoms with Gasteiger partial charge in [0.05, 0.1) is 11.3 Å². The van der Waals surface area contributed by atoms with Gasteiger partial charge in [-0.1, -0.05) is 29.7 Å². The van der Waals surface area contributed by atoms with E-state index in [1.165, 1.54) is 0 Å². The molecule has 194 valence electrons. The van der Waals surface area contributed by atoms with Gasteiger partial charge in [0.2, 0.25) is 5.95 Å². The van der Waals surface area contributed by atoms with Crippen molar-refractivity contribution in [3.63, 3.8) is 0 Å². The molecular weight excluding hydrogens is 512 g/mol. The largest absolute Gasteiger partial charge is 0.457 e. The highest BCUT2D eigenvalue weighted by Gasteiger charge is 2.24. The van der Waals surface area contributed by atoms with Crippen LogP contribution in [0.1, 0.15) is 5.56 Å². The number of fused-ring (bicyclic) bond motifs is 1. The van der Waals surface area contributed by atoms with Crippen molar-refractivity contribution in [3.8, 4) is 35.1 Å². The van der Waals surface area contributed by atoms with Crippen LogP contribution in [0, 0.1) is 12.3 Å². The van der Waals surface area contributed by atoms with Gasteiger partial charge in [0.1, 0.15) is 11.5 Å². The molecule has 2 aromatic carbocycles. The normalized spacial score (nSPS) is 13.8. The Labute approximate surface area is 231 Å². The Balaban J connectivity index is 1.37. The molecule has 0 bridgehead atoms. The van der Waals surface area contributed by atoms with Crippen LogP contribution in [0.15, 0.2) is 73.1 Å². The summed E-state index contributed by atoms with van der Waals surface area (Å²) in [6.45, 7) is 3.47. The molecule has 3 aromatic heterocycles. The monoisotopic (exact) mass is 536 g/mol. The second-order valence-corrected chi connectivity index (χ2v) is 9.62. The summed E-state index contributed by atoms with van der Waals surface area (Å²) in [5.41, 5.74) is 3.02. The van der Waals surface area contributed by atoms with Crippen LogP contribution < -0.4 is 15.0 Å². The molecule has 39 heavy (non-hydrogen) atoms. The van der Waals surface area contributed by atoms with Crippen LogP contribution in [-0.2, 0) is 0 Å². The highest BCUT2D eigenvalue weighted by atomic mass is 35.5. The van der Waals surface area contributed by atoms with Gasteiger partial charge >= 0.3 is 0 Å². The molecule has 1 fully saturated rings. The van der Waals surface area contributed by atoms with E-state index in [1.807, 2.05) is 48.5 Å². The van der Waals surface area contributed by atoms with Gasteiger partial charge in [-0.3, -0.25) is 4.98 Å². The maximum absolute atomic E-state index is 6.37. The maximum atomic E-state index is 6.37. The number of hydrogen-bond donors (Lipinski definition) is 1. The SMILES string of the molecule is C#Cc1c(N2CCN(C)CC2)nc2nc(Nc3ccc(Oc4ccncc4)cc3)nn2c1-c1cccc(Cl)c1. The molecule has 0 spiro atoms. The number of aromatic nitrogens is 5. The zero-order chi connectivity index (χ0) is 26.8. The molecule has 0 unspecified atom stereocenters. The predicted molar refractivity (Wildman–Crippen MR) is 153 cm³/mol. The molecule has 1 aliphatic heterocycles. The summed E-state index contributed by atoms with van der Waals surface area (Å²) in [5, 5.41) is 8.62. The van der Waals surface area contributed by atoms with Crippen LogP contribution in [0.5, 0.6) is 11.5 Å². The number of pyridine rings is 1. The molecule has 6 rings (SSSR count). The van der Waals surface area contributed by atoms with Crippen molar-refractivity contribution >= 4 is 34.8 Å². The van der Waals surface area contributed by atoms with E-state index in [-0.39, 0.29) is 0 Å². The lowest BCUT2D eigenvalue weighted by Gasteiger charge is -2.34. The summed E-state index contributed by atoms with van der Waals surface area (Å²) in [5.74, 6) is 5.86. The lowest BCUT2D eigenvalue weighted by Crippen LogP contribution is -2.45. The molecule has 5 aromatic rings. The first-order valence-corrected chi connectivity index (χ1v) is 12.9. The fourth-order valence-electron chi connectivity index (χ4n) is 4.50. The highest BCUT2D eigenvalue weighted by Crippen LogP contribution is 2.33. The number of benzene rings is 2. The van der Waals surface area contributed by atoms with E-state index in [0.717, 1.165) is 48.9 Å². The first-order valence-electron chi connectivity index (χ1n) is 12.5. The van der Waals surface area contributed by atoms with Crippen LogP contribution in [0.3, 0.4) is 0 Å². The first-order chi connectivity index (χ1) is 19.1. The van der Waals surface area contributed by atoms with Gasteiger partial charge < -0.3 is 19.9 Å². The maximum Gasteiger partial charge on any atom is 0.256 e. The molecule has 0 aliphatic carbocycles. The summed E-state index contributed by atoms with van der Waals surface area (Å²) in [7, 11) is 2.11. The van der Waals surface area contributed by atoms with Crippen LogP contribution in [0.2, 0.25) is 5.02 Å². The van der Waals surface area contributed by atoms with Crippen molar-refractivity contribution in [2.24, 2.45) is 0 Å². The van der Waals surface area contributed by atoms with E-state index >= 15 is 0 Å². The summed E-state index contributed by atoms with van der Waals surface area (Å²) in [4.78, 5) is 18.1. The second-order valence-electron chi connectivity index (χ2n) is 9.19. The van der Waals surface area contributed by atoms with E-state index in [9.17, 15) is 0 Å². The summed E-state index contributed by atoms with van der Waals surface area (Å²) >= 11 is 6.37. The molecule has 0 radical (unpaired) electrons. The molecule has 0 atom stereocenters. The number of hydrogen-bond acceptors (Lipinski definition) is 8. The number of anilines is 3. The van der Waals surface area contributed by atoms with E-state index in [1.54, 1.807) is 29.0 Å². The third-order valence-corrected chi connectivity index (χ3v) is 6.74. The lowest BCUT2D eigenvalue weighted by molar-refractivity contribution is 0.312. The van der Waals surface area contributed by atoms with Crippen molar-refractivity contribution < 1.29 is 4.74 Å². The zero-order valence-corrected chi connectivity index (χ0v) is 22.0. The fourth-order valence-corrected chi connectivity index (χ4v) is 4.69. The van der Waals surface area contributed by atoms with E-state index < -0.39 is 0 Å². The predicted octanol–water partition coefficient (Wildman–Crippen LogP) is 5.11. The summed E-state index contributed by atoms with van der Waals surface area (Å²) in [6, 6.07) is 18.7. The Morgan fingerprint density at radius 3 is 2.41 bits per heavy atom. The minimum Gasteiger partial charge on any atom is -0.457 e. The van der Waals surface area contributed by atoms with E-state index in [4.69, 9.17) is 37.8 Å². The van der Waals surface area contributed by atoms with Crippen molar-refractivity contribution in [2.75, 3.05) is 43.4 Å². The summed E-state index contributed by atoms with van der Waals surface area (Å²) in [6.07, 6.45) is 9.47. The van der Waals surface area contributed by atoms with Gasteiger partial charge in [0.25, 0.3) is 5.78 Å². The van der Waals surface area contributed by atoms with Gasteiger partial charge in [-0.25, -0.2) is 0 Å². The van der Waals surface area contributed by atoms with Crippen LogP contribution in [0.25, 0.3) is 17.0 Å². The molecular formula is C29H25ClN8O. The Morgan fingerprint density at radius 2 is 1.69 bits per heavy atom. The van der Waals surface area contributed by atoms with E-state index in [0.29, 0.717) is 33.8 Å². The van der Waals surface area contributed by atoms with Gasteiger partial charge in [0.15, 0.2) is 5.82 Å². The topological polar surface area (TPSA) is 83.7 Å². The van der Waals surface area contributed by atoms with Gasteiger partial charge in [-0.05, 0) is 55.6 Å². The Hall–Kier alpha value is -4.65. The van der Waals surface area contributed by atoms with Crippen molar-refractivity contribution in [1.82, 2.24) is 29.5 Å². The van der Waals surface area contributed by atoms with Crippen LogP contribution >= 0.6 is 11.6 Å². The molecule has 1 saturated heterocycles. The minimum absolute atomic E-state index is 0.395. The van der Waals surface area contributed by atoms with Gasteiger partial charge in [0, 0.05) is 54.8 Å². The van der Waals surface area contributed by atoms with Crippen molar-refractivity contribution in [2.45, 2.75) is 0 Å². The zero-order valence-electron chi connectivity index (χ0n) is 21.3. The molecule has 0 saturated carbocycles. The average molecular weight is 537 g/mol. The van der Waals surface area contributed by atoms with Gasteiger partial charge in [-0.15, -0.1) is 11.5 Å². The Morgan fingerprint density at radius 1 is 0.949 bits per heavy atom. The Bertz CT molecular complexity index is 1660. The molecule has 4 heterocycles. The fraction of sp³-hybridized carbons (Fsp3) is 0.172. The molecule has 1 aliphatic rings. The number of piperazine rings is 1. The van der Waals surface area contributed by atoms with Crippen molar-refractivity contribution in [1.29, 1.82) is 0 Å². The first kappa shape index (κ1) is 24.7. The average Bonchev–Trinajstić information content (AvgIpc) is 3.36. The number of halogens is 1. The van der Waals surface area contributed by atoms with Gasteiger partial charge in [-0.2, -0.15) is 14.5 Å². The number of likely N-dealkylation sites (N-methyl/N-ethyl adjacent to an activating group) is 1. The molecule has 1 N–H and O–H groups in total. The molecule has 0 amide bonds. The van der Waals surface area contributed by atoms with E-state index in [2.05, 4.69) is 33.1 Å². The summed E-state index contributed by atoms with van der Waals surface area (Å²) < 4.78 is 7.54. The third kappa shape index (κ3) is 5.21.